The summed E-state index contributed by atoms with van der Waals surface area (Å²) in [6.45, 7) is -0.524. The zero-order valence-electron chi connectivity index (χ0n) is 14.6. The summed E-state index contributed by atoms with van der Waals surface area (Å²) in [4.78, 5) is 48.5. The first-order valence-electron chi connectivity index (χ1n) is 8.11. The van der Waals surface area contributed by atoms with Crippen molar-refractivity contribution >= 4 is 51.5 Å². The van der Waals surface area contributed by atoms with E-state index in [1.165, 1.54) is 48.5 Å². The first-order chi connectivity index (χ1) is 13.8. The van der Waals surface area contributed by atoms with Gasteiger partial charge in [-0.25, -0.2) is 14.5 Å². The van der Waals surface area contributed by atoms with E-state index < -0.39 is 30.4 Å². The molecule has 148 valence electrons. The number of urea groups is 1. The fraction of sp³-hybridized carbons (Fsp3) is 0.0526. The lowest BCUT2D eigenvalue weighted by atomic mass is 10.1. The third-order valence-electron chi connectivity index (χ3n) is 3.83. The van der Waals surface area contributed by atoms with Crippen LogP contribution in [0.4, 0.5) is 10.5 Å². The third-order valence-corrected chi connectivity index (χ3v) is 4.45. The Labute approximate surface area is 172 Å². The minimum absolute atomic E-state index is 0.0412. The number of phenolic OH excluding ortho intramolecular Hbond substituents is 1. The second-order valence-electron chi connectivity index (χ2n) is 5.85. The van der Waals surface area contributed by atoms with E-state index >= 15 is 0 Å². The number of imide groups is 2. The Hall–Kier alpha value is -3.66. The van der Waals surface area contributed by atoms with Crippen LogP contribution in [0.2, 0.25) is 0 Å². The van der Waals surface area contributed by atoms with Gasteiger partial charge in [0.25, 0.3) is 11.8 Å². The molecule has 2 aromatic carbocycles. The van der Waals surface area contributed by atoms with E-state index in [4.69, 9.17) is 9.84 Å². The van der Waals surface area contributed by atoms with Gasteiger partial charge in [0, 0.05) is 0 Å². The maximum absolute atomic E-state index is 12.8. The zero-order chi connectivity index (χ0) is 21.1. The van der Waals surface area contributed by atoms with Gasteiger partial charge in [0.05, 0.1) is 10.2 Å². The summed E-state index contributed by atoms with van der Waals surface area (Å²) in [7, 11) is 0. The van der Waals surface area contributed by atoms with Gasteiger partial charge in [-0.15, -0.1) is 0 Å². The van der Waals surface area contributed by atoms with Gasteiger partial charge < -0.3 is 14.9 Å². The number of halogens is 1. The monoisotopic (exact) mass is 460 g/mol. The normalized spacial score (nSPS) is 15.4. The van der Waals surface area contributed by atoms with Gasteiger partial charge in [0.2, 0.25) is 0 Å². The first-order valence-corrected chi connectivity index (χ1v) is 8.90. The van der Waals surface area contributed by atoms with Crippen molar-refractivity contribution in [3.63, 3.8) is 0 Å². The molecule has 2 aromatic rings. The van der Waals surface area contributed by atoms with E-state index in [-0.39, 0.29) is 22.8 Å². The largest absolute Gasteiger partial charge is 0.508 e. The molecule has 1 aliphatic rings. The highest BCUT2D eigenvalue weighted by atomic mass is 79.9. The summed E-state index contributed by atoms with van der Waals surface area (Å²) in [5.41, 5.74) is 0.351. The zero-order valence-corrected chi connectivity index (χ0v) is 16.2. The summed E-state index contributed by atoms with van der Waals surface area (Å²) >= 11 is 3.24. The van der Waals surface area contributed by atoms with E-state index in [0.717, 1.165) is 4.90 Å². The van der Waals surface area contributed by atoms with Crippen LogP contribution in [0.1, 0.15) is 5.56 Å². The molecule has 1 saturated heterocycles. The van der Waals surface area contributed by atoms with Crippen molar-refractivity contribution in [2.75, 3.05) is 11.5 Å². The van der Waals surface area contributed by atoms with Crippen LogP contribution in [0.5, 0.6) is 11.5 Å². The number of phenols is 1. The molecular formula is C19H13BrN2O7. The molecule has 1 aliphatic heterocycles. The number of barbiturate groups is 1. The van der Waals surface area contributed by atoms with Gasteiger partial charge in [-0.2, -0.15) is 0 Å². The average molecular weight is 461 g/mol. The van der Waals surface area contributed by atoms with Gasteiger partial charge in [0.1, 0.15) is 17.1 Å². The predicted molar refractivity (Wildman–Crippen MR) is 104 cm³/mol. The third kappa shape index (κ3) is 4.43. The molecule has 0 radical (unpaired) electrons. The topological polar surface area (TPSA) is 133 Å². The van der Waals surface area contributed by atoms with E-state index in [1.54, 1.807) is 0 Å². The molecule has 0 bridgehead atoms. The number of nitrogens with zero attached hydrogens (tertiary/aromatic N) is 1. The highest BCUT2D eigenvalue weighted by Crippen LogP contribution is 2.28. The molecule has 3 N–H and O–H groups in total. The Balaban J connectivity index is 1.91. The van der Waals surface area contributed by atoms with Gasteiger partial charge in [-0.05, 0) is 64.0 Å². The lowest BCUT2D eigenvalue weighted by Crippen LogP contribution is -2.54. The lowest BCUT2D eigenvalue weighted by Gasteiger charge is -2.26. The standard InChI is InChI=1S/C19H13BrN2O7/c20-14-8-10(1-6-15(14)29-9-16(24)25)7-13-17(26)21-19(28)22(18(13)27)11-2-4-12(23)5-3-11/h1-8,23H,9H2,(H,24,25)(H,21,26,28). The number of benzene rings is 2. The number of aliphatic carboxylic acids is 1. The Kier molecular flexibility index (Phi) is 5.64. The Morgan fingerprint density at radius 1 is 1.14 bits per heavy atom. The number of amides is 4. The smallest absolute Gasteiger partial charge is 0.341 e. The van der Waals surface area contributed by atoms with Crippen molar-refractivity contribution in [3.05, 3.63) is 58.1 Å². The Morgan fingerprint density at radius 2 is 1.83 bits per heavy atom. The minimum Gasteiger partial charge on any atom is -0.508 e. The first kappa shape index (κ1) is 20.1. The quantitative estimate of drug-likeness (QED) is 0.460. The molecule has 0 atom stereocenters. The molecule has 0 spiro atoms. The van der Waals surface area contributed by atoms with Crippen LogP contribution in [0.25, 0.3) is 6.08 Å². The van der Waals surface area contributed by atoms with E-state index in [0.29, 0.717) is 10.0 Å². The molecule has 0 aliphatic carbocycles. The molecule has 4 amide bonds. The summed E-state index contributed by atoms with van der Waals surface area (Å²) in [5, 5.41) is 20.1. The highest BCUT2D eigenvalue weighted by Gasteiger charge is 2.36. The SMILES string of the molecule is O=C(O)COc1ccc(C=C2C(=O)NC(=O)N(c3ccc(O)cc3)C2=O)cc1Br. The summed E-state index contributed by atoms with van der Waals surface area (Å²) in [6.07, 6.45) is 1.29. The number of hydrogen-bond donors (Lipinski definition) is 3. The number of nitrogens with one attached hydrogen (secondary N) is 1. The second-order valence-corrected chi connectivity index (χ2v) is 6.70. The van der Waals surface area contributed by atoms with Crippen LogP contribution in [-0.2, 0) is 14.4 Å². The number of carboxylic acid groups (broad SMARTS) is 1. The fourth-order valence-corrected chi connectivity index (χ4v) is 3.03. The van der Waals surface area contributed by atoms with Gasteiger partial charge in [0.15, 0.2) is 6.61 Å². The number of rotatable bonds is 5. The summed E-state index contributed by atoms with van der Waals surface area (Å²) in [5.74, 6) is -2.58. The number of hydrogen-bond acceptors (Lipinski definition) is 6. The number of carbonyl (C=O) groups is 4. The molecule has 1 heterocycles. The van der Waals surface area contributed by atoms with Crippen molar-refractivity contribution in [2.24, 2.45) is 0 Å². The number of anilines is 1. The van der Waals surface area contributed by atoms with Crippen molar-refractivity contribution in [1.82, 2.24) is 5.32 Å². The van der Waals surface area contributed by atoms with Crippen LogP contribution in [0.3, 0.4) is 0 Å². The predicted octanol–water partition coefficient (Wildman–Crippen LogP) is 2.28. The Morgan fingerprint density at radius 3 is 2.45 bits per heavy atom. The number of carbonyl (C=O) groups excluding carboxylic acids is 3. The second kappa shape index (κ2) is 8.15. The van der Waals surface area contributed by atoms with E-state index in [1.807, 2.05) is 0 Å². The molecule has 0 unspecified atom stereocenters. The maximum atomic E-state index is 12.8. The van der Waals surface area contributed by atoms with Crippen LogP contribution >= 0.6 is 15.9 Å². The average Bonchev–Trinajstić information content (AvgIpc) is 2.65. The molecule has 9 nitrogen and oxygen atoms in total. The van der Waals surface area contributed by atoms with E-state index in [9.17, 15) is 24.3 Å². The number of aromatic hydroxyl groups is 1. The molecule has 0 aromatic heterocycles. The maximum Gasteiger partial charge on any atom is 0.341 e. The highest BCUT2D eigenvalue weighted by molar-refractivity contribution is 9.10. The summed E-state index contributed by atoms with van der Waals surface area (Å²) < 4.78 is 5.52. The fourth-order valence-electron chi connectivity index (χ4n) is 2.52. The van der Waals surface area contributed by atoms with Crippen molar-refractivity contribution in [3.8, 4) is 11.5 Å². The number of ether oxygens (including phenoxy) is 1. The van der Waals surface area contributed by atoms with Crippen molar-refractivity contribution < 1.29 is 34.1 Å². The van der Waals surface area contributed by atoms with Crippen LogP contribution < -0.4 is 15.0 Å². The molecule has 3 rings (SSSR count). The minimum atomic E-state index is -1.13. The van der Waals surface area contributed by atoms with Crippen LogP contribution in [0, 0.1) is 0 Å². The van der Waals surface area contributed by atoms with Gasteiger partial charge in [-0.3, -0.25) is 14.9 Å². The molecule has 1 fully saturated rings. The molecular weight excluding hydrogens is 448 g/mol. The van der Waals surface area contributed by atoms with Crippen LogP contribution in [-0.4, -0.2) is 40.6 Å². The van der Waals surface area contributed by atoms with Gasteiger partial charge in [-0.1, -0.05) is 6.07 Å². The van der Waals surface area contributed by atoms with E-state index in [2.05, 4.69) is 21.2 Å². The van der Waals surface area contributed by atoms with Crippen molar-refractivity contribution in [1.29, 1.82) is 0 Å². The summed E-state index contributed by atoms with van der Waals surface area (Å²) in [6, 6.07) is 8.99. The number of carboxylic acids is 1. The van der Waals surface area contributed by atoms with Crippen molar-refractivity contribution in [2.45, 2.75) is 0 Å². The van der Waals surface area contributed by atoms with Crippen LogP contribution in [0.15, 0.2) is 52.5 Å². The molecule has 10 heteroatoms. The molecule has 0 saturated carbocycles. The molecule has 29 heavy (non-hydrogen) atoms. The Bertz CT molecular complexity index is 1050. The van der Waals surface area contributed by atoms with Gasteiger partial charge >= 0.3 is 12.0 Å². The lowest BCUT2D eigenvalue weighted by molar-refractivity contribution is -0.139.